The Labute approximate surface area is 140 Å². The topological polar surface area (TPSA) is 78.5 Å². The van der Waals surface area contributed by atoms with Crippen molar-refractivity contribution in [2.24, 2.45) is 0 Å². The third kappa shape index (κ3) is 5.64. The van der Waals surface area contributed by atoms with Crippen molar-refractivity contribution >= 4 is 17.7 Å². The summed E-state index contributed by atoms with van der Waals surface area (Å²) in [5.41, 5.74) is 0.882. The monoisotopic (exact) mass is 335 g/mol. The molecule has 6 nitrogen and oxygen atoms in total. The fourth-order valence-electron chi connectivity index (χ4n) is 2.54. The van der Waals surface area contributed by atoms with Gasteiger partial charge in [0.15, 0.2) is 0 Å². The van der Waals surface area contributed by atoms with Gasteiger partial charge >= 0.3 is 11.8 Å². The van der Waals surface area contributed by atoms with E-state index >= 15 is 0 Å². The highest BCUT2D eigenvalue weighted by Crippen LogP contribution is 2.09. The van der Waals surface area contributed by atoms with E-state index in [0.29, 0.717) is 38.9 Å². The first kappa shape index (κ1) is 17.9. The fourth-order valence-corrected chi connectivity index (χ4v) is 2.54. The number of hydrogen-bond acceptors (Lipinski definition) is 3. The highest BCUT2D eigenvalue weighted by atomic mass is 19.1. The lowest BCUT2D eigenvalue weighted by atomic mass is 10.1. The van der Waals surface area contributed by atoms with Crippen LogP contribution < -0.4 is 10.6 Å². The van der Waals surface area contributed by atoms with E-state index in [1.807, 2.05) is 0 Å². The normalized spacial score (nSPS) is 13.9. The molecule has 1 heterocycles. The van der Waals surface area contributed by atoms with E-state index in [-0.39, 0.29) is 11.7 Å². The molecule has 0 aliphatic carbocycles. The Hall–Kier alpha value is -2.44. The third-order valence-electron chi connectivity index (χ3n) is 3.88. The zero-order valence-corrected chi connectivity index (χ0v) is 13.5. The Morgan fingerprint density at radius 1 is 1.08 bits per heavy atom. The molecule has 1 fully saturated rings. The molecule has 0 saturated carbocycles. The maximum atomic E-state index is 12.8. The molecule has 2 N–H and O–H groups in total. The molecule has 0 bridgehead atoms. The molecular weight excluding hydrogens is 313 g/mol. The van der Waals surface area contributed by atoms with E-state index in [1.54, 1.807) is 17.0 Å². The number of carbonyl (C=O) groups is 3. The molecule has 1 aromatic rings. The minimum atomic E-state index is -0.686. The lowest BCUT2D eigenvalue weighted by Gasteiger charge is -2.15. The van der Waals surface area contributed by atoms with Crippen molar-refractivity contribution in [3.8, 4) is 0 Å². The van der Waals surface area contributed by atoms with Crippen molar-refractivity contribution in [3.05, 3.63) is 35.6 Å². The highest BCUT2D eigenvalue weighted by molar-refractivity contribution is 6.35. The Morgan fingerprint density at radius 2 is 1.75 bits per heavy atom. The smallest absolute Gasteiger partial charge is 0.309 e. The van der Waals surface area contributed by atoms with Crippen LogP contribution in [0.15, 0.2) is 24.3 Å². The molecule has 7 heteroatoms. The average Bonchev–Trinajstić information content (AvgIpc) is 2.98. The molecule has 130 valence electrons. The summed E-state index contributed by atoms with van der Waals surface area (Å²) < 4.78 is 12.8. The minimum absolute atomic E-state index is 0.153. The van der Waals surface area contributed by atoms with Crippen molar-refractivity contribution < 1.29 is 18.8 Å². The van der Waals surface area contributed by atoms with Crippen LogP contribution in [0.25, 0.3) is 0 Å². The zero-order valence-electron chi connectivity index (χ0n) is 13.5. The van der Waals surface area contributed by atoms with E-state index in [4.69, 9.17) is 0 Å². The average molecular weight is 335 g/mol. The Morgan fingerprint density at radius 3 is 2.38 bits per heavy atom. The number of benzene rings is 1. The van der Waals surface area contributed by atoms with Crippen LogP contribution in [0.5, 0.6) is 0 Å². The van der Waals surface area contributed by atoms with Gasteiger partial charge in [-0.05, 0) is 37.0 Å². The first-order chi connectivity index (χ1) is 11.6. The van der Waals surface area contributed by atoms with Gasteiger partial charge in [0.1, 0.15) is 5.82 Å². The second kappa shape index (κ2) is 9.00. The molecule has 0 atom stereocenters. The number of nitrogens with zero attached hydrogens (tertiary/aromatic N) is 1. The molecule has 24 heavy (non-hydrogen) atoms. The van der Waals surface area contributed by atoms with Gasteiger partial charge in [-0.25, -0.2) is 4.39 Å². The van der Waals surface area contributed by atoms with Crippen LogP contribution in [0.1, 0.15) is 24.8 Å². The van der Waals surface area contributed by atoms with E-state index in [2.05, 4.69) is 10.6 Å². The molecular formula is C17H22FN3O3. The summed E-state index contributed by atoms with van der Waals surface area (Å²) in [6, 6.07) is 5.99. The molecule has 1 aliphatic rings. The number of amides is 3. The first-order valence-electron chi connectivity index (χ1n) is 8.14. The van der Waals surface area contributed by atoms with Crippen LogP contribution in [0.3, 0.4) is 0 Å². The predicted molar refractivity (Wildman–Crippen MR) is 86.6 cm³/mol. The minimum Gasteiger partial charge on any atom is -0.348 e. The van der Waals surface area contributed by atoms with Gasteiger partial charge in [-0.15, -0.1) is 0 Å². The van der Waals surface area contributed by atoms with E-state index < -0.39 is 11.8 Å². The number of likely N-dealkylation sites (tertiary alicyclic amines) is 1. The van der Waals surface area contributed by atoms with Crippen molar-refractivity contribution in [2.75, 3.05) is 26.2 Å². The summed E-state index contributed by atoms with van der Waals surface area (Å²) in [6.07, 6.45) is 2.64. The van der Waals surface area contributed by atoms with Crippen LogP contribution in [0, 0.1) is 5.82 Å². The summed E-state index contributed by atoms with van der Waals surface area (Å²) in [4.78, 5) is 36.5. The maximum absolute atomic E-state index is 12.8. The van der Waals surface area contributed by atoms with Gasteiger partial charge in [-0.2, -0.15) is 0 Å². The van der Waals surface area contributed by atoms with Crippen LogP contribution in [0.4, 0.5) is 4.39 Å². The van der Waals surface area contributed by atoms with Crippen molar-refractivity contribution in [3.63, 3.8) is 0 Å². The summed E-state index contributed by atoms with van der Waals surface area (Å²) in [7, 11) is 0. The molecule has 1 aromatic carbocycles. The molecule has 2 rings (SSSR count). The number of halogens is 1. The van der Waals surface area contributed by atoms with E-state index in [1.165, 1.54) is 12.1 Å². The van der Waals surface area contributed by atoms with Crippen LogP contribution in [-0.2, 0) is 20.8 Å². The van der Waals surface area contributed by atoms with Crippen LogP contribution in [-0.4, -0.2) is 48.8 Å². The predicted octanol–water partition coefficient (Wildman–Crippen LogP) is 0.613. The Balaban J connectivity index is 1.57. The number of nitrogens with one attached hydrogen (secondary N) is 2. The lowest BCUT2D eigenvalue weighted by molar-refractivity contribution is -0.139. The fraction of sp³-hybridized carbons (Fsp3) is 0.471. The third-order valence-corrected chi connectivity index (χ3v) is 3.88. The number of rotatable bonds is 7. The molecule has 3 amide bonds. The molecule has 0 spiro atoms. The maximum Gasteiger partial charge on any atom is 0.309 e. The molecule has 1 aliphatic heterocycles. The van der Waals surface area contributed by atoms with Gasteiger partial charge < -0.3 is 15.5 Å². The van der Waals surface area contributed by atoms with Crippen LogP contribution >= 0.6 is 0 Å². The second-order valence-corrected chi connectivity index (χ2v) is 5.73. The number of hydrogen-bond donors (Lipinski definition) is 2. The van der Waals surface area contributed by atoms with Crippen molar-refractivity contribution in [2.45, 2.75) is 25.7 Å². The van der Waals surface area contributed by atoms with E-state index in [9.17, 15) is 18.8 Å². The van der Waals surface area contributed by atoms with Gasteiger partial charge in [0, 0.05) is 32.6 Å². The summed E-state index contributed by atoms with van der Waals surface area (Å²) in [6.45, 7) is 2.04. The Kier molecular flexibility index (Phi) is 6.72. The number of carbonyl (C=O) groups excluding carboxylic acids is 3. The summed E-state index contributed by atoms with van der Waals surface area (Å²) in [5.74, 6) is -1.52. The first-order valence-corrected chi connectivity index (χ1v) is 8.14. The second-order valence-electron chi connectivity index (χ2n) is 5.73. The molecule has 0 radical (unpaired) electrons. The van der Waals surface area contributed by atoms with Gasteiger partial charge in [0.2, 0.25) is 5.91 Å². The zero-order chi connectivity index (χ0) is 17.4. The highest BCUT2D eigenvalue weighted by Gasteiger charge is 2.19. The van der Waals surface area contributed by atoms with Gasteiger partial charge in [0.05, 0.1) is 0 Å². The molecule has 1 saturated heterocycles. The molecule has 0 unspecified atom stereocenters. The Bertz CT molecular complexity index is 589. The van der Waals surface area contributed by atoms with Crippen molar-refractivity contribution in [1.82, 2.24) is 15.5 Å². The lowest BCUT2D eigenvalue weighted by Crippen LogP contribution is -2.41. The standard InChI is InChI=1S/C17H22FN3O3/c18-14-6-4-13(5-7-14)8-10-20-17(24)16(23)19-9-2-12-21-11-1-3-15(21)22/h4-7H,1-3,8-12H2,(H,19,23)(H,20,24). The van der Waals surface area contributed by atoms with Gasteiger partial charge in [0.25, 0.3) is 0 Å². The SMILES string of the molecule is O=C(NCCCN1CCCC1=O)C(=O)NCCc1ccc(F)cc1. The molecule has 0 aromatic heterocycles. The van der Waals surface area contributed by atoms with E-state index in [0.717, 1.165) is 18.5 Å². The largest absolute Gasteiger partial charge is 0.348 e. The van der Waals surface area contributed by atoms with Gasteiger partial charge in [-0.1, -0.05) is 12.1 Å². The van der Waals surface area contributed by atoms with Gasteiger partial charge in [-0.3, -0.25) is 14.4 Å². The van der Waals surface area contributed by atoms with Crippen LogP contribution in [0.2, 0.25) is 0 Å². The quantitative estimate of drug-likeness (QED) is 0.566. The van der Waals surface area contributed by atoms with Crippen molar-refractivity contribution in [1.29, 1.82) is 0 Å². The summed E-state index contributed by atoms with van der Waals surface area (Å²) in [5, 5.41) is 5.06. The summed E-state index contributed by atoms with van der Waals surface area (Å²) >= 11 is 0.